The molecule has 0 amide bonds. The zero-order valence-electron chi connectivity index (χ0n) is 7.80. The molecule has 0 aromatic carbocycles. The van der Waals surface area contributed by atoms with Crippen LogP contribution >= 0.6 is 0 Å². The highest BCUT2D eigenvalue weighted by molar-refractivity contribution is 5.73. The van der Waals surface area contributed by atoms with Crippen molar-refractivity contribution in [3.63, 3.8) is 0 Å². The average molecular weight is 205 g/mol. The van der Waals surface area contributed by atoms with Crippen LogP contribution in [0.15, 0.2) is 0 Å². The summed E-state index contributed by atoms with van der Waals surface area (Å²) in [6.07, 6.45) is -0.894. The zero-order valence-corrected chi connectivity index (χ0v) is 7.80. The molecule has 1 heterocycles. The average Bonchev–Trinajstić information content (AvgIpc) is 2.18. The summed E-state index contributed by atoms with van der Waals surface area (Å²) in [5.41, 5.74) is 0. The van der Waals surface area contributed by atoms with Crippen LogP contribution in [0.25, 0.3) is 0 Å². The smallest absolute Gasteiger partial charge is 0.323 e. The van der Waals surface area contributed by atoms with Gasteiger partial charge in [0.1, 0.15) is 6.04 Å². The van der Waals surface area contributed by atoms with Crippen LogP contribution < -0.4 is 0 Å². The predicted octanol–water partition coefficient (Wildman–Crippen LogP) is -1.87. The van der Waals surface area contributed by atoms with Crippen molar-refractivity contribution >= 4 is 5.97 Å². The molecule has 0 saturated carbocycles. The quantitative estimate of drug-likeness (QED) is 0.498. The van der Waals surface area contributed by atoms with Crippen LogP contribution in [-0.4, -0.2) is 71.2 Å². The second-order valence-corrected chi connectivity index (χ2v) is 3.26. The molecule has 1 fully saturated rings. The third kappa shape index (κ3) is 2.91. The maximum Gasteiger partial charge on any atom is 0.323 e. The molecule has 0 aromatic heterocycles. The van der Waals surface area contributed by atoms with Crippen LogP contribution in [0.2, 0.25) is 0 Å². The second kappa shape index (κ2) is 5.26. The number of rotatable bonds is 4. The highest BCUT2D eigenvalue weighted by Gasteiger charge is 2.30. The number of morpholine rings is 1. The molecular formula is C8H15NO5. The molecule has 82 valence electrons. The SMILES string of the molecule is O=C(O)C1COCCN1CC(O)CO. The molecule has 1 aliphatic heterocycles. The van der Waals surface area contributed by atoms with Gasteiger partial charge in [-0.1, -0.05) is 0 Å². The van der Waals surface area contributed by atoms with Gasteiger partial charge in [0.15, 0.2) is 0 Å². The van der Waals surface area contributed by atoms with E-state index in [-0.39, 0.29) is 19.8 Å². The highest BCUT2D eigenvalue weighted by atomic mass is 16.5. The first kappa shape index (κ1) is 11.4. The van der Waals surface area contributed by atoms with E-state index in [1.165, 1.54) is 0 Å². The van der Waals surface area contributed by atoms with Crippen molar-refractivity contribution in [2.45, 2.75) is 12.1 Å². The van der Waals surface area contributed by atoms with Crippen molar-refractivity contribution in [2.75, 3.05) is 32.9 Å². The number of carboxylic acid groups (broad SMARTS) is 1. The van der Waals surface area contributed by atoms with Crippen molar-refractivity contribution in [3.8, 4) is 0 Å². The van der Waals surface area contributed by atoms with Crippen molar-refractivity contribution < 1.29 is 24.9 Å². The van der Waals surface area contributed by atoms with E-state index in [1.54, 1.807) is 4.90 Å². The Balaban J connectivity index is 2.49. The Kier molecular flexibility index (Phi) is 4.27. The van der Waals surface area contributed by atoms with Crippen LogP contribution in [-0.2, 0) is 9.53 Å². The molecule has 6 heteroatoms. The largest absolute Gasteiger partial charge is 0.480 e. The molecule has 0 spiro atoms. The van der Waals surface area contributed by atoms with E-state index in [0.29, 0.717) is 13.2 Å². The summed E-state index contributed by atoms with van der Waals surface area (Å²) in [6, 6.07) is -0.718. The standard InChI is InChI=1S/C8H15NO5/c10-4-6(11)3-9-1-2-14-5-7(9)8(12)13/h6-7,10-11H,1-5H2,(H,12,13). The van der Waals surface area contributed by atoms with Crippen molar-refractivity contribution in [1.82, 2.24) is 4.90 Å². The van der Waals surface area contributed by atoms with E-state index < -0.39 is 18.1 Å². The highest BCUT2D eigenvalue weighted by Crippen LogP contribution is 2.07. The summed E-state index contributed by atoms with van der Waals surface area (Å²) < 4.78 is 5.02. The Labute approximate surface area is 81.7 Å². The second-order valence-electron chi connectivity index (χ2n) is 3.26. The summed E-state index contributed by atoms with van der Waals surface area (Å²) in [5, 5.41) is 26.6. The molecular weight excluding hydrogens is 190 g/mol. The molecule has 14 heavy (non-hydrogen) atoms. The van der Waals surface area contributed by atoms with Crippen LogP contribution in [0.4, 0.5) is 0 Å². The Morgan fingerprint density at radius 1 is 1.64 bits per heavy atom. The van der Waals surface area contributed by atoms with Gasteiger partial charge in [-0.25, -0.2) is 0 Å². The number of carbonyl (C=O) groups is 1. The van der Waals surface area contributed by atoms with Gasteiger partial charge in [-0.3, -0.25) is 9.69 Å². The molecule has 6 nitrogen and oxygen atoms in total. The van der Waals surface area contributed by atoms with Gasteiger partial charge in [-0.05, 0) is 0 Å². The molecule has 1 rings (SSSR count). The lowest BCUT2D eigenvalue weighted by molar-refractivity contribution is -0.150. The van der Waals surface area contributed by atoms with E-state index >= 15 is 0 Å². The van der Waals surface area contributed by atoms with Crippen LogP contribution in [0.3, 0.4) is 0 Å². The van der Waals surface area contributed by atoms with E-state index in [0.717, 1.165) is 0 Å². The lowest BCUT2D eigenvalue weighted by atomic mass is 10.2. The topological polar surface area (TPSA) is 90.2 Å². The third-order valence-electron chi connectivity index (χ3n) is 2.18. The van der Waals surface area contributed by atoms with Crippen molar-refractivity contribution in [1.29, 1.82) is 0 Å². The predicted molar refractivity (Wildman–Crippen MR) is 46.9 cm³/mol. The molecule has 0 radical (unpaired) electrons. The molecule has 0 aromatic rings. The maximum absolute atomic E-state index is 10.8. The Hall–Kier alpha value is -0.690. The first-order valence-corrected chi connectivity index (χ1v) is 4.48. The number of β-amino-alcohol motifs (C(OH)–C–C–N with tert-alkyl or cyclic N) is 1. The minimum atomic E-state index is -0.963. The first-order valence-electron chi connectivity index (χ1n) is 4.48. The van der Waals surface area contributed by atoms with Crippen LogP contribution in [0, 0.1) is 0 Å². The summed E-state index contributed by atoms with van der Waals surface area (Å²) in [5.74, 6) is -0.963. The van der Waals surface area contributed by atoms with Gasteiger partial charge in [0.05, 0.1) is 25.9 Å². The molecule has 2 unspecified atom stereocenters. The van der Waals surface area contributed by atoms with Crippen molar-refractivity contribution in [3.05, 3.63) is 0 Å². The molecule has 1 aliphatic rings. The number of nitrogens with zero attached hydrogens (tertiary/aromatic N) is 1. The van der Waals surface area contributed by atoms with Gasteiger partial charge < -0.3 is 20.1 Å². The fourth-order valence-electron chi connectivity index (χ4n) is 1.41. The van der Waals surface area contributed by atoms with E-state index in [2.05, 4.69) is 0 Å². The van der Waals surface area contributed by atoms with E-state index in [9.17, 15) is 9.90 Å². The lowest BCUT2D eigenvalue weighted by Crippen LogP contribution is -2.52. The number of aliphatic hydroxyl groups is 2. The van der Waals surface area contributed by atoms with Gasteiger partial charge in [-0.15, -0.1) is 0 Å². The number of ether oxygens (including phenoxy) is 1. The lowest BCUT2D eigenvalue weighted by Gasteiger charge is -2.33. The Morgan fingerprint density at radius 3 is 2.93 bits per heavy atom. The normalized spacial score (nSPS) is 26.0. The number of hydrogen-bond donors (Lipinski definition) is 3. The fourth-order valence-corrected chi connectivity index (χ4v) is 1.41. The first-order chi connectivity index (χ1) is 6.65. The molecule has 3 N–H and O–H groups in total. The minimum Gasteiger partial charge on any atom is -0.480 e. The maximum atomic E-state index is 10.8. The van der Waals surface area contributed by atoms with Crippen LogP contribution in [0.1, 0.15) is 0 Å². The number of hydrogen-bond acceptors (Lipinski definition) is 5. The number of aliphatic hydroxyl groups excluding tert-OH is 2. The Morgan fingerprint density at radius 2 is 2.36 bits per heavy atom. The van der Waals surface area contributed by atoms with Gasteiger partial charge in [0, 0.05) is 13.1 Å². The van der Waals surface area contributed by atoms with Gasteiger partial charge in [-0.2, -0.15) is 0 Å². The number of aliphatic carboxylic acids is 1. The Bertz CT molecular complexity index is 198. The summed E-state index contributed by atoms with van der Waals surface area (Å²) in [7, 11) is 0. The molecule has 0 bridgehead atoms. The molecule has 2 atom stereocenters. The molecule has 1 saturated heterocycles. The summed E-state index contributed by atoms with van der Waals surface area (Å²) in [6.45, 7) is 0.865. The fraction of sp³-hybridized carbons (Fsp3) is 0.875. The molecule has 0 aliphatic carbocycles. The van der Waals surface area contributed by atoms with Gasteiger partial charge in [0.25, 0.3) is 0 Å². The summed E-state index contributed by atoms with van der Waals surface area (Å²) >= 11 is 0. The van der Waals surface area contributed by atoms with Crippen molar-refractivity contribution in [2.24, 2.45) is 0 Å². The number of carboxylic acids is 1. The van der Waals surface area contributed by atoms with Gasteiger partial charge in [0.2, 0.25) is 0 Å². The van der Waals surface area contributed by atoms with Crippen LogP contribution in [0.5, 0.6) is 0 Å². The zero-order chi connectivity index (χ0) is 10.6. The minimum absolute atomic E-state index is 0.132. The van der Waals surface area contributed by atoms with E-state index in [4.69, 9.17) is 14.9 Å². The third-order valence-corrected chi connectivity index (χ3v) is 2.18. The van der Waals surface area contributed by atoms with Gasteiger partial charge >= 0.3 is 5.97 Å². The summed E-state index contributed by atoms with van der Waals surface area (Å²) in [4.78, 5) is 12.4. The monoisotopic (exact) mass is 205 g/mol. The van der Waals surface area contributed by atoms with E-state index in [1.807, 2.05) is 0 Å².